The zero-order valence-corrected chi connectivity index (χ0v) is 24.3. The number of benzene rings is 3. The van der Waals surface area contributed by atoms with Crippen LogP contribution in [0.2, 0.25) is 0 Å². The average molecular weight is 562 g/mol. The summed E-state index contributed by atoms with van der Waals surface area (Å²) in [5, 5.41) is 17.6. The highest BCUT2D eigenvalue weighted by Gasteiger charge is 2.38. The van der Waals surface area contributed by atoms with E-state index in [9.17, 15) is 18.3 Å². The molecule has 2 heterocycles. The zero-order valence-electron chi connectivity index (χ0n) is 23.5. The maximum absolute atomic E-state index is 13.8. The standard InChI is InChI=1S/C31H35N3O5S/c1-18-10-11-22(25(17-30(35)36)24-12-13-26-31(21(24)4)32-33-34(26)5)16-23(18)14-19(2)29-15-20(3)39-27-8-6-7-9-28(27)40(29,37)38/h6-13,16,19-20,25,29H,14-15,17H2,1-5H3,(H,35,36). The minimum absolute atomic E-state index is 0.0761. The molecule has 0 fully saturated rings. The van der Waals surface area contributed by atoms with Crippen LogP contribution in [0.1, 0.15) is 60.4 Å². The van der Waals surface area contributed by atoms with E-state index < -0.39 is 21.1 Å². The van der Waals surface area contributed by atoms with Crippen LogP contribution in [0.3, 0.4) is 0 Å². The van der Waals surface area contributed by atoms with E-state index in [2.05, 4.69) is 16.4 Å². The summed E-state index contributed by atoms with van der Waals surface area (Å²) in [6, 6.07) is 16.8. The van der Waals surface area contributed by atoms with Crippen LogP contribution in [0.25, 0.3) is 11.0 Å². The largest absolute Gasteiger partial charge is 0.489 e. The Morgan fingerprint density at radius 1 is 1.15 bits per heavy atom. The fraction of sp³-hybridized carbons (Fsp3) is 0.387. The predicted octanol–water partition coefficient (Wildman–Crippen LogP) is 5.38. The van der Waals surface area contributed by atoms with E-state index in [1.54, 1.807) is 28.9 Å². The van der Waals surface area contributed by atoms with Gasteiger partial charge in [-0.3, -0.25) is 4.79 Å². The molecule has 1 aliphatic heterocycles. The van der Waals surface area contributed by atoms with Crippen molar-refractivity contribution >= 4 is 26.8 Å². The third-order valence-corrected chi connectivity index (χ3v) is 10.6. The number of hydrogen-bond donors (Lipinski definition) is 1. The fourth-order valence-electron chi connectivity index (χ4n) is 6.02. The smallest absolute Gasteiger partial charge is 0.304 e. The number of carboxylic acids is 1. The van der Waals surface area contributed by atoms with E-state index in [1.165, 1.54) is 0 Å². The van der Waals surface area contributed by atoms with Crippen LogP contribution in [-0.2, 0) is 28.1 Å². The van der Waals surface area contributed by atoms with Gasteiger partial charge in [0.25, 0.3) is 0 Å². The number of aliphatic carboxylic acids is 1. The maximum Gasteiger partial charge on any atom is 0.304 e. The topological polar surface area (TPSA) is 111 Å². The van der Waals surface area contributed by atoms with Crippen molar-refractivity contribution in [2.75, 3.05) is 0 Å². The monoisotopic (exact) mass is 561 g/mol. The Kier molecular flexibility index (Phi) is 7.44. The van der Waals surface area contributed by atoms with E-state index >= 15 is 0 Å². The highest BCUT2D eigenvalue weighted by Crippen LogP contribution is 2.38. The molecule has 1 aromatic heterocycles. The number of nitrogens with zero attached hydrogens (tertiary/aromatic N) is 3. The molecule has 0 spiro atoms. The number of aryl methyl sites for hydroxylation is 3. The quantitative estimate of drug-likeness (QED) is 0.322. The van der Waals surface area contributed by atoms with Crippen LogP contribution in [0, 0.1) is 19.8 Å². The van der Waals surface area contributed by atoms with Crippen molar-refractivity contribution in [2.45, 2.75) is 69.1 Å². The van der Waals surface area contributed by atoms with Gasteiger partial charge in [0, 0.05) is 19.4 Å². The van der Waals surface area contributed by atoms with Crippen molar-refractivity contribution < 1.29 is 23.1 Å². The molecular weight excluding hydrogens is 526 g/mol. The Morgan fingerprint density at radius 3 is 2.65 bits per heavy atom. The molecule has 0 bridgehead atoms. The zero-order chi connectivity index (χ0) is 28.8. The molecule has 0 radical (unpaired) electrons. The second kappa shape index (κ2) is 10.7. The first-order valence-electron chi connectivity index (χ1n) is 13.6. The van der Waals surface area contributed by atoms with Crippen LogP contribution < -0.4 is 4.74 Å². The second-order valence-electron chi connectivity index (χ2n) is 11.1. The van der Waals surface area contributed by atoms with Crippen LogP contribution in [0.5, 0.6) is 5.75 Å². The van der Waals surface area contributed by atoms with Crippen molar-refractivity contribution in [3.8, 4) is 5.75 Å². The van der Waals surface area contributed by atoms with Crippen molar-refractivity contribution in [2.24, 2.45) is 13.0 Å². The van der Waals surface area contributed by atoms with Crippen LogP contribution in [-0.4, -0.2) is 45.8 Å². The lowest BCUT2D eigenvalue weighted by Crippen LogP contribution is -2.32. The number of hydrogen-bond acceptors (Lipinski definition) is 6. The first kappa shape index (κ1) is 27.8. The summed E-state index contributed by atoms with van der Waals surface area (Å²) in [4.78, 5) is 12.2. The summed E-state index contributed by atoms with van der Waals surface area (Å²) in [5.74, 6) is -1.06. The molecular formula is C31H35N3O5S. The van der Waals surface area contributed by atoms with Gasteiger partial charge in [-0.2, -0.15) is 0 Å². The Balaban J connectivity index is 1.51. The van der Waals surface area contributed by atoms with Gasteiger partial charge in [-0.25, -0.2) is 13.1 Å². The number of sulfone groups is 1. The lowest BCUT2D eigenvalue weighted by atomic mass is 9.83. The Labute approximate surface area is 234 Å². The van der Waals surface area contributed by atoms with E-state index in [0.29, 0.717) is 18.6 Å². The van der Waals surface area contributed by atoms with Crippen LogP contribution in [0.4, 0.5) is 0 Å². The Bertz CT molecular complexity index is 1690. The van der Waals surface area contributed by atoms with E-state index in [4.69, 9.17) is 4.74 Å². The first-order valence-corrected chi connectivity index (χ1v) is 15.1. The molecule has 4 unspecified atom stereocenters. The molecule has 5 rings (SSSR count). The van der Waals surface area contributed by atoms with E-state index in [-0.39, 0.29) is 29.3 Å². The molecule has 9 heteroatoms. The molecule has 1 N–H and O–H groups in total. The Hall–Kier alpha value is -3.72. The van der Waals surface area contributed by atoms with Crippen molar-refractivity contribution in [1.29, 1.82) is 0 Å². The van der Waals surface area contributed by atoms with Crippen LogP contribution >= 0.6 is 0 Å². The molecule has 3 aromatic carbocycles. The number of carboxylic acid groups (broad SMARTS) is 1. The summed E-state index contributed by atoms with van der Waals surface area (Å²) in [6.45, 7) is 7.86. The molecule has 40 heavy (non-hydrogen) atoms. The summed E-state index contributed by atoms with van der Waals surface area (Å²) in [5.41, 5.74) is 6.38. The van der Waals surface area contributed by atoms with Gasteiger partial charge in [-0.1, -0.05) is 48.5 Å². The lowest BCUT2D eigenvalue weighted by molar-refractivity contribution is -0.137. The fourth-order valence-corrected chi connectivity index (χ4v) is 8.24. The average Bonchev–Trinajstić information content (AvgIpc) is 3.24. The number of fused-ring (bicyclic) bond motifs is 2. The van der Waals surface area contributed by atoms with Crippen molar-refractivity contribution in [1.82, 2.24) is 15.0 Å². The molecule has 210 valence electrons. The number of ether oxygens (including phenoxy) is 1. The SMILES string of the molecule is Cc1ccc(C(CC(=O)O)c2ccc3c(nnn3C)c2C)cc1CC(C)C1CC(C)Oc2ccccc2S1(=O)=O. The molecule has 1 aliphatic rings. The number of para-hydroxylation sites is 1. The lowest BCUT2D eigenvalue weighted by Gasteiger charge is -2.25. The van der Waals surface area contributed by atoms with Gasteiger partial charge in [0.2, 0.25) is 0 Å². The molecule has 4 aromatic rings. The number of carbonyl (C=O) groups is 1. The highest BCUT2D eigenvalue weighted by molar-refractivity contribution is 7.92. The third kappa shape index (κ3) is 5.10. The second-order valence-corrected chi connectivity index (χ2v) is 13.2. The molecule has 4 atom stereocenters. The molecule has 0 saturated heterocycles. The van der Waals surface area contributed by atoms with E-state index in [0.717, 1.165) is 38.9 Å². The molecule has 0 amide bonds. The van der Waals surface area contributed by atoms with Gasteiger partial charge in [-0.15, -0.1) is 5.10 Å². The first-order chi connectivity index (χ1) is 19.0. The van der Waals surface area contributed by atoms with E-state index in [1.807, 2.05) is 59.0 Å². The summed E-state index contributed by atoms with van der Waals surface area (Å²) in [7, 11) is -1.78. The van der Waals surface area contributed by atoms with Crippen molar-refractivity contribution in [3.63, 3.8) is 0 Å². The van der Waals surface area contributed by atoms with Gasteiger partial charge >= 0.3 is 5.97 Å². The maximum atomic E-state index is 13.8. The van der Waals surface area contributed by atoms with Gasteiger partial charge in [0.15, 0.2) is 9.84 Å². The van der Waals surface area contributed by atoms with Crippen molar-refractivity contribution in [3.05, 3.63) is 82.4 Å². The Morgan fingerprint density at radius 2 is 1.90 bits per heavy atom. The minimum atomic E-state index is -3.61. The molecule has 8 nitrogen and oxygen atoms in total. The predicted molar refractivity (Wildman–Crippen MR) is 154 cm³/mol. The number of rotatable bonds is 7. The molecule has 0 aliphatic carbocycles. The summed E-state index contributed by atoms with van der Waals surface area (Å²) < 4.78 is 35.2. The summed E-state index contributed by atoms with van der Waals surface area (Å²) in [6.07, 6.45) is 0.626. The summed E-state index contributed by atoms with van der Waals surface area (Å²) >= 11 is 0. The third-order valence-electron chi connectivity index (χ3n) is 8.23. The highest BCUT2D eigenvalue weighted by atomic mass is 32.2. The van der Waals surface area contributed by atoms with Gasteiger partial charge < -0.3 is 9.84 Å². The van der Waals surface area contributed by atoms with Gasteiger partial charge in [-0.05, 0) is 79.1 Å². The van der Waals surface area contributed by atoms with Gasteiger partial charge in [0.05, 0.1) is 23.3 Å². The van der Waals surface area contributed by atoms with Crippen LogP contribution in [0.15, 0.2) is 59.5 Å². The molecule has 0 saturated carbocycles. The number of aromatic nitrogens is 3. The normalized spacial score (nSPS) is 19.8. The van der Waals surface area contributed by atoms with Gasteiger partial charge in [0.1, 0.15) is 16.2 Å². The minimum Gasteiger partial charge on any atom is -0.489 e.